The van der Waals surface area contributed by atoms with Crippen LogP contribution in [0.25, 0.3) is 6.08 Å². The summed E-state index contributed by atoms with van der Waals surface area (Å²) in [6.45, 7) is 2.16. The number of hydrogen-bond donors (Lipinski definition) is 1. The van der Waals surface area contributed by atoms with E-state index in [4.69, 9.17) is 0 Å². The lowest BCUT2D eigenvalue weighted by Crippen LogP contribution is -2.41. The lowest BCUT2D eigenvalue weighted by atomic mass is 9.86. The van der Waals surface area contributed by atoms with E-state index in [0.29, 0.717) is 5.92 Å². The fourth-order valence-electron chi connectivity index (χ4n) is 2.65. The zero-order valence-corrected chi connectivity index (χ0v) is 13.7. The summed E-state index contributed by atoms with van der Waals surface area (Å²) in [6.07, 6.45) is 6.16. The minimum absolute atomic E-state index is 0.162. The Morgan fingerprint density at radius 2 is 2.00 bits per heavy atom. The van der Waals surface area contributed by atoms with Gasteiger partial charge in [0.15, 0.2) is 0 Å². The summed E-state index contributed by atoms with van der Waals surface area (Å²) < 4.78 is 0.971. The molecule has 0 spiro atoms. The van der Waals surface area contributed by atoms with Gasteiger partial charge in [-0.2, -0.15) is 5.26 Å². The van der Waals surface area contributed by atoms with E-state index in [2.05, 4.69) is 28.2 Å². The number of nitriles is 1. The summed E-state index contributed by atoms with van der Waals surface area (Å²) >= 11 is 3.37. The summed E-state index contributed by atoms with van der Waals surface area (Å²) in [5.41, 5.74) is 1.01. The van der Waals surface area contributed by atoms with Crippen LogP contribution in [0.15, 0.2) is 34.3 Å². The molecule has 0 unspecified atom stereocenters. The Balaban J connectivity index is 2.08. The van der Waals surface area contributed by atoms with Crippen LogP contribution in [0.5, 0.6) is 0 Å². The number of carbonyl (C=O) groups excluding carboxylic acids is 1. The Hall–Kier alpha value is -1.60. The molecule has 1 aromatic rings. The highest BCUT2D eigenvalue weighted by atomic mass is 79.9. The predicted octanol–water partition coefficient (Wildman–Crippen LogP) is 4.05. The SMILES string of the molecule is C[C@@H]1CCCC[C@@H]1NC(=O)/C(C#N)=C/c1ccc(Br)cc1. The van der Waals surface area contributed by atoms with E-state index in [1.807, 2.05) is 30.3 Å². The van der Waals surface area contributed by atoms with Gasteiger partial charge in [0, 0.05) is 10.5 Å². The third-order valence-corrected chi connectivity index (χ3v) is 4.50. The molecule has 1 amide bonds. The molecule has 2 atom stereocenters. The van der Waals surface area contributed by atoms with Gasteiger partial charge in [-0.25, -0.2) is 0 Å². The number of benzene rings is 1. The number of hydrogen-bond acceptors (Lipinski definition) is 2. The van der Waals surface area contributed by atoms with Gasteiger partial charge in [-0.3, -0.25) is 4.79 Å². The molecule has 0 aromatic heterocycles. The average Bonchev–Trinajstić information content (AvgIpc) is 2.49. The van der Waals surface area contributed by atoms with Crippen molar-refractivity contribution in [3.8, 4) is 6.07 Å². The number of carbonyl (C=O) groups is 1. The largest absolute Gasteiger partial charge is 0.348 e. The van der Waals surface area contributed by atoms with Crippen LogP contribution in [0, 0.1) is 17.2 Å². The second kappa shape index (κ2) is 7.42. The second-order valence-corrected chi connectivity index (χ2v) is 6.48. The Morgan fingerprint density at radius 1 is 1.33 bits per heavy atom. The summed E-state index contributed by atoms with van der Waals surface area (Å²) in [5.74, 6) is 0.217. The molecule has 3 nitrogen and oxygen atoms in total. The standard InChI is InChI=1S/C17H19BrN2O/c1-12-4-2-3-5-16(12)20-17(21)14(11-19)10-13-6-8-15(18)9-7-13/h6-10,12,16H,2-5H2,1H3,(H,20,21)/b14-10+/t12-,16+/m1/s1. The molecule has 1 aliphatic rings. The summed E-state index contributed by atoms with van der Waals surface area (Å²) in [6, 6.07) is 9.72. The van der Waals surface area contributed by atoms with Crippen molar-refractivity contribution in [2.24, 2.45) is 5.92 Å². The van der Waals surface area contributed by atoms with E-state index in [1.165, 1.54) is 6.42 Å². The Bertz CT molecular complexity index is 571. The van der Waals surface area contributed by atoms with Crippen LogP contribution in [0.1, 0.15) is 38.2 Å². The van der Waals surface area contributed by atoms with Crippen molar-refractivity contribution in [1.82, 2.24) is 5.32 Å². The molecule has 1 saturated carbocycles. The zero-order chi connectivity index (χ0) is 15.2. The number of rotatable bonds is 3. The maximum absolute atomic E-state index is 12.2. The van der Waals surface area contributed by atoms with Crippen LogP contribution in [-0.4, -0.2) is 11.9 Å². The highest BCUT2D eigenvalue weighted by molar-refractivity contribution is 9.10. The molecule has 0 heterocycles. The van der Waals surface area contributed by atoms with E-state index in [1.54, 1.807) is 6.08 Å². The third kappa shape index (κ3) is 4.44. The van der Waals surface area contributed by atoms with E-state index in [0.717, 1.165) is 29.3 Å². The lowest BCUT2D eigenvalue weighted by Gasteiger charge is -2.29. The molecule has 1 fully saturated rings. The van der Waals surface area contributed by atoms with Crippen LogP contribution in [0.3, 0.4) is 0 Å². The first kappa shape index (κ1) is 15.8. The molecular formula is C17H19BrN2O. The van der Waals surface area contributed by atoms with E-state index in [9.17, 15) is 10.1 Å². The second-order valence-electron chi connectivity index (χ2n) is 5.56. The predicted molar refractivity (Wildman–Crippen MR) is 87.3 cm³/mol. The lowest BCUT2D eigenvalue weighted by molar-refractivity contribution is -0.118. The molecule has 21 heavy (non-hydrogen) atoms. The average molecular weight is 347 g/mol. The third-order valence-electron chi connectivity index (χ3n) is 3.97. The van der Waals surface area contributed by atoms with Crippen molar-refractivity contribution in [2.45, 2.75) is 38.6 Å². The molecule has 1 N–H and O–H groups in total. The van der Waals surface area contributed by atoms with Gasteiger partial charge in [0.25, 0.3) is 5.91 Å². The van der Waals surface area contributed by atoms with E-state index < -0.39 is 0 Å². The minimum Gasteiger partial charge on any atom is -0.348 e. The number of amides is 1. The van der Waals surface area contributed by atoms with Crippen molar-refractivity contribution in [1.29, 1.82) is 5.26 Å². The smallest absolute Gasteiger partial charge is 0.262 e. The fourth-order valence-corrected chi connectivity index (χ4v) is 2.92. The Morgan fingerprint density at radius 3 is 2.62 bits per heavy atom. The first-order valence-electron chi connectivity index (χ1n) is 7.28. The van der Waals surface area contributed by atoms with E-state index >= 15 is 0 Å². The first-order chi connectivity index (χ1) is 10.1. The molecule has 110 valence electrons. The van der Waals surface area contributed by atoms with Crippen molar-refractivity contribution in [2.75, 3.05) is 0 Å². The van der Waals surface area contributed by atoms with Gasteiger partial charge in [0.1, 0.15) is 11.6 Å². The number of nitrogens with zero attached hydrogens (tertiary/aromatic N) is 1. The van der Waals surface area contributed by atoms with Crippen LogP contribution in [0.2, 0.25) is 0 Å². The maximum Gasteiger partial charge on any atom is 0.262 e. The van der Waals surface area contributed by atoms with Crippen molar-refractivity contribution in [3.63, 3.8) is 0 Å². The molecule has 1 aromatic carbocycles. The van der Waals surface area contributed by atoms with E-state index in [-0.39, 0.29) is 17.5 Å². The molecule has 0 bridgehead atoms. The van der Waals surface area contributed by atoms with Gasteiger partial charge >= 0.3 is 0 Å². The molecule has 0 radical (unpaired) electrons. The van der Waals surface area contributed by atoms with Gasteiger partial charge in [0.05, 0.1) is 0 Å². The highest BCUT2D eigenvalue weighted by Gasteiger charge is 2.23. The van der Waals surface area contributed by atoms with Crippen molar-refractivity contribution >= 4 is 27.9 Å². The van der Waals surface area contributed by atoms with Gasteiger partial charge < -0.3 is 5.32 Å². The number of halogens is 1. The monoisotopic (exact) mass is 346 g/mol. The van der Waals surface area contributed by atoms with Gasteiger partial charge in [-0.05, 0) is 42.5 Å². The summed E-state index contributed by atoms with van der Waals surface area (Å²) in [5, 5.41) is 12.2. The molecule has 0 aliphatic heterocycles. The molecule has 1 aliphatic carbocycles. The van der Waals surface area contributed by atoms with Crippen LogP contribution in [0.4, 0.5) is 0 Å². The number of nitrogens with one attached hydrogen (secondary N) is 1. The minimum atomic E-state index is -0.265. The normalized spacial score (nSPS) is 22.4. The Kier molecular flexibility index (Phi) is 5.58. The molecule has 2 rings (SSSR count). The van der Waals surface area contributed by atoms with Crippen molar-refractivity contribution < 1.29 is 4.79 Å². The zero-order valence-electron chi connectivity index (χ0n) is 12.1. The van der Waals surface area contributed by atoms with Crippen LogP contribution >= 0.6 is 15.9 Å². The summed E-state index contributed by atoms with van der Waals surface area (Å²) in [7, 11) is 0. The topological polar surface area (TPSA) is 52.9 Å². The summed E-state index contributed by atoms with van der Waals surface area (Å²) in [4.78, 5) is 12.2. The van der Waals surface area contributed by atoms with Gasteiger partial charge in [0.2, 0.25) is 0 Å². The van der Waals surface area contributed by atoms with Crippen LogP contribution in [-0.2, 0) is 4.79 Å². The van der Waals surface area contributed by atoms with Gasteiger partial charge in [-0.15, -0.1) is 0 Å². The Labute approximate surface area is 134 Å². The molecule has 4 heteroatoms. The highest BCUT2D eigenvalue weighted by Crippen LogP contribution is 2.24. The quantitative estimate of drug-likeness (QED) is 0.662. The molecular weight excluding hydrogens is 328 g/mol. The molecule has 0 saturated heterocycles. The fraction of sp³-hybridized carbons (Fsp3) is 0.412. The first-order valence-corrected chi connectivity index (χ1v) is 8.07. The van der Waals surface area contributed by atoms with Crippen molar-refractivity contribution in [3.05, 3.63) is 39.9 Å². The van der Waals surface area contributed by atoms with Crippen LogP contribution < -0.4 is 5.32 Å². The van der Waals surface area contributed by atoms with Gasteiger partial charge in [-0.1, -0.05) is 47.8 Å². The maximum atomic E-state index is 12.2.